The van der Waals surface area contributed by atoms with Gasteiger partial charge in [-0.25, -0.2) is 0 Å². The minimum Gasteiger partial charge on any atom is -0.385 e. The molecule has 1 heterocycles. The van der Waals surface area contributed by atoms with Crippen LogP contribution >= 0.6 is 0 Å². The lowest BCUT2D eigenvalue weighted by molar-refractivity contribution is -0.120. The third kappa shape index (κ3) is 4.89. The summed E-state index contributed by atoms with van der Waals surface area (Å²) in [5, 5.41) is 13.5. The summed E-state index contributed by atoms with van der Waals surface area (Å²) in [5.74, 6) is -1.64. The summed E-state index contributed by atoms with van der Waals surface area (Å²) in [6.45, 7) is 1.04. The molecule has 9 heteroatoms. The van der Waals surface area contributed by atoms with E-state index in [0.29, 0.717) is 13.0 Å². The Morgan fingerprint density at radius 2 is 1.85 bits per heavy atom. The maximum absolute atomic E-state index is 12.4. The smallest absolute Gasteiger partial charge is 0.261 e. The van der Waals surface area contributed by atoms with E-state index in [9.17, 15) is 19.2 Å². The van der Waals surface area contributed by atoms with E-state index in [4.69, 9.17) is 10.00 Å². The minimum absolute atomic E-state index is 0.170. The molecule has 0 saturated carbocycles. The molecule has 0 unspecified atom stereocenters. The highest BCUT2D eigenvalue weighted by Crippen LogP contribution is 2.24. The largest absolute Gasteiger partial charge is 0.385 e. The molecule has 0 radical (unpaired) electrons. The number of imide groups is 1. The number of nitrogens with zero attached hydrogens (tertiary/aromatic N) is 2. The predicted octanol–water partition coefficient (Wildman–Crippen LogP) is 0.0788. The molecule has 0 saturated heterocycles. The van der Waals surface area contributed by atoms with Crippen molar-refractivity contribution < 1.29 is 23.9 Å². The van der Waals surface area contributed by atoms with Crippen molar-refractivity contribution in [2.45, 2.75) is 12.8 Å². The molecule has 0 bridgehead atoms. The van der Waals surface area contributed by atoms with E-state index in [1.807, 2.05) is 0 Å². The van der Waals surface area contributed by atoms with Crippen LogP contribution in [0.4, 0.5) is 0 Å². The van der Waals surface area contributed by atoms with Crippen LogP contribution in [-0.4, -0.2) is 61.9 Å². The van der Waals surface area contributed by atoms with Crippen LogP contribution in [0.1, 0.15) is 43.9 Å². The van der Waals surface area contributed by atoms with E-state index >= 15 is 0 Å². The lowest BCUT2D eigenvalue weighted by Crippen LogP contribution is -2.34. The molecule has 1 aromatic carbocycles. The van der Waals surface area contributed by atoms with Crippen LogP contribution in [0.2, 0.25) is 0 Å². The first-order valence-corrected chi connectivity index (χ1v) is 8.40. The molecule has 1 aromatic rings. The van der Waals surface area contributed by atoms with E-state index in [2.05, 4.69) is 10.6 Å². The monoisotopic (exact) mass is 372 g/mol. The second-order valence-corrected chi connectivity index (χ2v) is 5.81. The van der Waals surface area contributed by atoms with Crippen molar-refractivity contribution in [1.29, 1.82) is 5.26 Å². The van der Waals surface area contributed by atoms with Crippen molar-refractivity contribution in [2.75, 3.05) is 33.4 Å². The molecule has 1 aliphatic rings. The molecule has 0 aliphatic carbocycles. The van der Waals surface area contributed by atoms with Crippen LogP contribution in [0.15, 0.2) is 18.2 Å². The average Bonchev–Trinajstić information content (AvgIpc) is 2.90. The fourth-order valence-electron chi connectivity index (χ4n) is 2.62. The summed E-state index contributed by atoms with van der Waals surface area (Å²) in [6.07, 6.45) is 0.294. The first kappa shape index (κ1) is 20.1. The van der Waals surface area contributed by atoms with Gasteiger partial charge >= 0.3 is 0 Å². The van der Waals surface area contributed by atoms with Gasteiger partial charge in [-0.15, -0.1) is 0 Å². The van der Waals surface area contributed by atoms with E-state index in [-0.39, 0.29) is 48.7 Å². The number of carbonyl (C=O) groups is 4. The first-order chi connectivity index (χ1) is 13.0. The normalized spacial score (nSPS) is 12.5. The van der Waals surface area contributed by atoms with Crippen molar-refractivity contribution in [3.63, 3.8) is 0 Å². The van der Waals surface area contributed by atoms with E-state index in [0.717, 1.165) is 4.90 Å². The Labute approximate surface area is 156 Å². The van der Waals surface area contributed by atoms with Gasteiger partial charge in [0.15, 0.2) is 0 Å². The highest BCUT2D eigenvalue weighted by molar-refractivity contribution is 6.22. The van der Waals surface area contributed by atoms with Crippen LogP contribution < -0.4 is 10.6 Å². The van der Waals surface area contributed by atoms with Crippen LogP contribution in [0.3, 0.4) is 0 Å². The van der Waals surface area contributed by atoms with Gasteiger partial charge < -0.3 is 15.4 Å². The number of rotatable bonds is 9. The molecule has 0 atom stereocenters. The summed E-state index contributed by atoms with van der Waals surface area (Å²) in [4.78, 5) is 49.2. The summed E-state index contributed by atoms with van der Waals surface area (Å²) in [5.41, 5.74) is 0.724. The number of amides is 4. The van der Waals surface area contributed by atoms with Gasteiger partial charge in [-0.1, -0.05) is 0 Å². The van der Waals surface area contributed by atoms with Crippen LogP contribution in [-0.2, 0) is 9.53 Å². The van der Waals surface area contributed by atoms with Crippen molar-refractivity contribution in [3.05, 3.63) is 34.9 Å². The molecule has 4 amide bonds. The van der Waals surface area contributed by atoms with Gasteiger partial charge in [-0.3, -0.25) is 24.1 Å². The quantitative estimate of drug-likeness (QED) is 0.466. The standard InChI is InChI=1S/C18H20N4O5/c1-27-10-2-9-22-17(25)13-4-3-12(11-14(13)18(22)26)16(24)21-8-7-20-15(23)5-6-19/h3-4,11H,2,5,7-10H2,1H3,(H,20,23)(H,21,24). The molecule has 142 valence electrons. The maximum atomic E-state index is 12.4. The third-order valence-electron chi connectivity index (χ3n) is 3.94. The average molecular weight is 372 g/mol. The van der Waals surface area contributed by atoms with Gasteiger partial charge in [0.2, 0.25) is 5.91 Å². The van der Waals surface area contributed by atoms with Gasteiger partial charge in [0.25, 0.3) is 17.7 Å². The Bertz CT molecular complexity index is 799. The molecule has 9 nitrogen and oxygen atoms in total. The zero-order chi connectivity index (χ0) is 19.8. The summed E-state index contributed by atoms with van der Waals surface area (Å²) in [6, 6.07) is 6.07. The number of nitrogens with one attached hydrogen (secondary N) is 2. The van der Waals surface area contributed by atoms with Crippen molar-refractivity contribution in [3.8, 4) is 6.07 Å². The Kier molecular flexibility index (Phi) is 7.02. The molecular formula is C18H20N4O5. The third-order valence-corrected chi connectivity index (χ3v) is 3.94. The molecule has 27 heavy (non-hydrogen) atoms. The SMILES string of the molecule is COCCCN1C(=O)c2ccc(C(=O)NCCNC(=O)CC#N)cc2C1=O. The number of nitriles is 1. The van der Waals surface area contributed by atoms with Crippen LogP contribution in [0, 0.1) is 11.3 Å². The van der Waals surface area contributed by atoms with Crippen molar-refractivity contribution >= 4 is 23.6 Å². The predicted molar refractivity (Wildman–Crippen MR) is 93.9 cm³/mol. The number of fused-ring (bicyclic) bond motifs is 1. The summed E-state index contributed by atoms with van der Waals surface area (Å²) >= 11 is 0. The van der Waals surface area contributed by atoms with E-state index in [1.165, 1.54) is 18.2 Å². The van der Waals surface area contributed by atoms with Gasteiger partial charge in [-0.05, 0) is 24.6 Å². The Balaban J connectivity index is 1.95. The summed E-state index contributed by atoms with van der Waals surface area (Å²) < 4.78 is 4.93. The van der Waals surface area contributed by atoms with E-state index < -0.39 is 17.7 Å². The Morgan fingerprint density at radius 1 is 1.15 bits per heavy atom. The Hall–Kier alpha value is -3.25. The molecule has 0 spiro atoms. The number of ether oxygens (including phenoxy) is 1. The second-order valence-electron chi connectivity index (χ2n) is 5.81. The van der Waals surface area contributed by atoms with Gasteiger partial charge in [0.05, 0.1) is 17.2 Å². The minimum atomic E-state index is -0.426. The lowest BCUT2D eigenvalue weighted by Gasteiger charge is -2.12. The zero-order valence-electron chi connectivity index (χ0n) is 14.9. The first-order valence-electron chi connectivity index (χ1n) is 8.40. The number of methoxy groups -OCH3 is 1. The topological polar surface area (TPSA) is 129 Å². The van der Waals surface area contributed by atoms with Crippen LogP contribution in [0.25, 0.3) is 0 Å². The van der Waals surface area contributed by atoms with Crippen molar-refractivity contribution in [1.82, 2.24) is 15.5 Å². The molecule has 0 fully saturated rings. The molecular weight excluding hydrogens is 352 g/mol. The number of hydrogen-bond acceptors (Lipinski definition) is 6. The fraction of sp³-hybridized carbons (Fsp3) is 0.389. The Morgan fingerprint density at radius 3 is 2.56 bits per heavy atom. The number of carbonyl (C=O) groups excluding carboxylic acids is 4. The van der Waals surface area contributed by atoms with Gasteiger partial charge in [0, 0.05) is 38.9 Å². The van der Waals surface area contributed by atoms with Gasteiger partial charge in [-0.2, -0.15) is 5.26 Å². The second kappa shape index (κ2) is 9.45. The molecule has 0 aromatic heterocycles. The fourth-order valence-corrected chi connectivity index (χ4v) is 2.62. The van der Waals surface area contributed by atoms with Crippen molar-refractivity contribution in [2.24, 2.45) is 0 Å². The highest BCUT2D eigenvalue weighted by atomic mass is 16.5. The molecule has 2 N–H and O–H groups in total. The van der Waals surface area contributed by atoms with Gasteiger partial charge in [0.1, 0.15) is 6.42 Å². The summed E-state index contributed by atoms with van der Waals surface area (Å²) in [7, 11) is 1.54. The molecule has 1 aliphatic heterocycles. The number of hydrogen-bond donors (Lipinski definition) is 2. The van der Waals surface area contributed by atoms with E-state index in [1.54, 1.807) is 13.2 Å². The molecule has 2 rings (SSSR count). The maximum Gasteiger partial charge on any atom is 0.261 e. The lowest BCUT2D eigenvalue weighted by atomic mass is 10.1. The number of benzene rings is 1. The van der Waals surface area contributed by atoms with Crippen LogP contribution in [0.5, 0.6) is 0 Å². The highest BCUT2D eigenvalue weighted by Gasteiger charge is 2.35. The zero-order valence-corrected chi connectivity index (χ0v) is 14.9.